The smallest absolute Gasteiger partial charge is 0.226 e. The number of amides is 2. The van der Waals surface area contributed by atoms with Gasteiger partial charge in [0.2, 0.25) is 11.8 Å². The van der Waals surface area contributed by atoms with Gasteiger partial charge in [0.15, 0.2) is 0 Å². The third-order valence-electron chi connectivity index (χ3n) is 6.03. The zero-order valence-corrected chi connectivity index (χ0v) is 15.9. The Balaban J connectivity index is 1.20. The fourth-order valence-corrected chi connectivity index (χ4v) is 4.18. The summed E-state index contributed by atoms with van der Waals surface area (Å²) >= 11 is 0. The molecule has 0 spiro atoms. The van der Waals surface area contributed by atoms with Crippen molar-refractivity contribution in [2.45, 2.75) is 18.8 Å². The van der Waals surface area contributed by atoms with E-state index in [1.807, 2.05) is 28.0 Å². The number of hydrogen-bond acceptors (Lipinski definition) is 4. The Morgan fingerprint density at radius 2 is 1.59 bits per heavy atom. The standard InChI is InChI=1S/C21H29N3O3/c25-20(6-7-22-12-14-27-15-13-22)23-8-10-24(11-9-23)21(26)19-16-18(19)17-4-2-1-3-5-17/h1-5,18-19H,6-16H2. The van der Waals surface area contributed by atoms with Crippen LogP contribution in [0.4, 0.5) is 0 Å². The van der Waals surface area contributed by atoms with Gasteiger partial charge in [0.05, 0.1) is 13.2 Å². The van der Waals surface area contributed by atoms with E-state index in [9.17, 15) is 9.59 Å². The summed E-state index contributed by atoms with van der Waals surface area (Å²) in [6.45, 7) is 6.83. The summed E-state index contributed by atoms with van der Waals surface area (Å²) in [7, 11) is 0. The molecule has 0 bridgehead atoms. The molecule has 6 nitrogen and oxygen atoms in total. The number of hydrogen-bond donors (Lipinski definition) is 0. The highest BCUT2D eigenvalue weighted by Crippen LogP contribution is 2.48. The number of ether oxygens (including phenoxy) is 1. The molecule has 3 fully saturated rings. The number of rotatable bonds is 5. The van der Waals surface area contributed by atoms with Crippen LogP contribution in [0.15, 0.2) is 30.3 Å². The van der Waals surface area contributed by atoms with Crippen molar-refractivity contribution in [1.82, 2.24) is 14.7 Å². The van der Waals surface area contributed by atoms with Crippen LogP contribution in [0.1, 0.15) is 24.3 Å². The van der Waals surface area contributed by atoms with Crippen molar-refractivity contribution in [3.05, 3.63) is 35.9 Å². The lowest BCUT2D eigenvalue weighted by atomic mass is 10.1. The molecule has 2 unspecified atom stereocenters. The summed E-state index contributed by atoms with van der Waals surface area (Å²) < 4.78 is 5.34. The Bertz CT molecular complexity index is 652. The van der Waals surface area contributed by atoms with Crippen molar-refractivity contribution in [1.29, 1.82) is 0 Å². The van der Waals surface area contributed by atoms with Gasteiger partial charge in [0.1, 0.15) is 0 Å². The van der Waals surface area contributed by atoms with Gasteiger partial charge in [-0.3, -0.25) is 14.5 Å². The molecule has 2 aliphatic heterocycles. The Labute approximate surface area is 161 Å². The van der Waals surface area contributed by atoms with Gasteiger partial charge in [-0.2, -0.15) is 0 Å². The number of morpholine rings is 1. The van der Waals surface area contributed by atoms with E-state index in [0.29, 0.717) is 38.5 Å². The molecule has 6 heteroatoms. The molecule has 4 rings (SSSR count). The van der Waals surface area contributed by atoms with E-state index in [1.54, 1.807) is 0 Å². The first kappa shape index (κ1) is 18.4. The van der Waals surface area contributed by atoms with E-state index < -0.39 is 0 Å². The SMILES string of the molecule is O=C(CCN1CCOCC1)N1CCN(C(=O)C2CC2c2ccccc2)CC1. The topological polar surface area (TPSA) is 53.1 Å². The summed E-state index contributed by atoms with van der Waals surface area (Å²) in [4.78, 5) is 31.4. The number of piperazine rings is 1. The molecule has 1 aromatic carbocycles. The minimum Gasteiger partial charge on any atom is -0.379 e. The molecule has 146 valence electrons. The van der Waals surface area contributed by atoms with Gasteiger partial charge in [0.25, 0.3) is 0 Å². The summed E-state index contributed by atoms with van der Waals surface area (Å²) in [5.41, 5.74) is 1.27. The predicted octanol–water partition coefficient (Wildman–Crippen LogP) is 1.18. The van der Waals surface area contributed by atoms with Gasteiger partial charge in [0, 0.05) is 58.2 Å². The molecule has 2 heterocycles. The molecule has 2 atom stereocenters. The molecule has 2 amide bonds. The van der Waals surface area contributed by atoms with Crippen LogP contribution in [-0.2, 0) is 14.3 Å². The normalized spacial score (nSPS) is 26.1. The summed E-state index contributed by atoms with van der Waals surface area (Å²) in [6.07, 6.45) is 1.52. The highest BCUT2D eigenvalue weighted by atomic mass is 16.5. The van der Waals surface area contributed by atoms with Crippen LogP contribution in [0, 0.1) is 5.92 Å². The van der Waals surface area contributed by atoms with Gasteiger partial charge in [-0.25, -0.2) is 0 Å². The lowest BCUT2D eigenvalue weighted by molar-refractivity contribution is -0.140. The molecule has 27 heavy (non-hydrogen) atoms. The Kier molecular flexibility index (Phi) is 5.74. The van der Waals surface area contributed by atoms with E-state index in [2.05, 4.69) is 17.0 Å². The van der Waals surface area contributed by atoms with Crippen molar-refractivity contribution in [2.24, 2.45) is 5.92 Å². The van der Waals surface area contributed by atoms with Crippen molar-refractivity contribution < 1.29 is 14.3 Å². The van der Waals surface area contributed by atoms with Crippen LogP contribution in [0.25, 0.3) is 0 Å². The number of benzene rings is 1. The van der Waals surface area contributed by atoms with Gasteiger partial charge in [-0.15, -0.1) is 0 Å². The third kappa shape index (κ3) is 4.50. The predicted molar refractivity (Wildman–Crippen MR) is 102 cm³/mol. The molecular formula is C21H29N3O3. The number of carbonyl (C=O) groups is 2. The zero-order valence-electron chi connectivity index (χ0n) is 15.9. The van der Waals surface area contributed by atoms with Gasteiger partial charge in [-0.1, -0.05) is 30.3 Å². The van der Waals surface area contributed by atoms with E-state index >= 15 is 0 Å². The quantitative estimate of drug-likeness (QED) is 0.780. The maximum atomic E-state index is 12.8. The second-order valence-electron chi connectivity index (χ2n) is 7.77. The minimum atomic E-state index is 0.135. The van der Waals surface area contributed by atoms with E-state index in [0.717, 1.165) is 39.3 Å². The van der Waals surface area contributed by atoms with E-state index in [-0.39, 0.29) is 17.7 Å². The maximum absolute atomic E-state index is 12.8. The number of carbonyl (C=O) groups excluding carboxylic acids is 2. The largest absolute Gasteiger partial charge is 0.379 e. The lowest BCUT2D eigenvalue weighted by Gasteiger charge is -2.35. The van der Waals surface area contributed by atoms with Crippen LogP contribution in [0.2, 0.25) is 0 Å². The zero-order chi connectivity index (χ0) is 18.6. The molecule has 1 aliphatic carbocycles. The average Bonchev–Trinajstić information content (AvgIpc) is 3.54. The summed E-state index contributed by atoms with van der Waals surface area (Å²) in [5.74, 6) is 0.995. The molecule has 3 aliphatic rings. The highest BCUT2D eigenvalue weighted by Gasteiger charge is 2.46. The second-order valence-corrected chi connectivity index (χ2v) is 7.77. The molecule has 1 aromatic rings. The Morgan fingerprint density at radius 3 is 2.30 bits per heavy atom. The van der Waals surface area contributed by atoms with Gasteiger partial charge in [-0.05, 0) is 17.9 Å². The molecule has 1 saturated carbocycles. The molecular weight excluding hydrogens is 342 g/mol. The van der Waals surface area contributed by atoms with Crippen LogP contribution in [-0.4, -0.2) is 85.5 Å². The molecule has 0 N–H and O–H groups in total. The first-order valence-corrected chi connectivity index (χ1v) is 10.1. The lowest BCUT2D eigenvalue weighted by Crippen LogP contribution is -2.51. The fourth-order valence-electron chi connectivity index (χ4n) is 4.18. The monoisotopic (exact) mass is 371 g/mol. The van der Waals surface area contributed by atoms with E-state index in [1.165, 1.54) is 5.56 Å². The third-order valence-corrected chi connectivity index (χ3v) is 6.03. The Morgan fingerprint density at radius 1 is 0.926 bits per heavy atom. The number of nitrogens with zero attached hydrogens (tertiary/aromatic N) is 3. The average molecular weight is 371 g/mol. The summed E-state index contributed by atoms with van der Waals surface area (Å²) in [5, 5.41) is 0. The van der Waals surface area contributed by atoms with Crippen LogP contribution in [0.3, 0.4) is 0 Å². The van der Waals surface area contributed by atoms with Gasteiger partial charge < -0.3 is 14.5 Å². The van der Waals surface area contributed by atoms with Crippen molar-refractivity contribution in [2.75, 3.05) is 59.0 Å². The Hall–Kier alpha value is -1.92. The van der Waals surface area contributed by atoms with Gasteiger partial charge >= 0.3 is 0 Å². The van der Waals surface area contributed by atoms with Crippen molar-refractivity contribution >= 4 is 11.8 Å². The van der Waals surface area contributed by atoms with Crippen LogP contribution >= 0.6 is 0 Å². The van der Waals surface area contributed by atoms with Crippen molar-refractivity contribution in [3.8, 4) is 0 Å². The first-order valence-electron chi connectivity index (χ1n) is 10.1. The molecule has 2 saturated heterocycles. The first-order chi connectivity index (χ1) is 13.2. The molecule has 0 aromatic heterocycles. The fraction of sp³-hybridized carbons (Fsp3) is 0.619. The minimum absolute atomic E-state index is 0.135. The van der Waals surface area contributed by atoms with Crippen LogP contribution < -0.4 is 0 Å². The van der Waals surface area contributed by atoms with Crippen LogP contribution in [0.5, 0.6) is 0 Å². The second kappa shape index (κ2) is 8.40. The van der Waals surface area contributed by atoms with Crippen molar-refractivity contribution in [3.63, 3.8) is 0 Å². The maximum Gasteiger partial charge on any atom is 0.226 e. The summed E-state index contributed by atoms with van der Waals surface area (Å²) in [6, 6.07) is 10.3. The van der Waals surface area contributed by atoms with E-state index in [4.69, 9.17) is 4.74 Å². The molecule has 0 radical (unpaired) electrons. The highest BCUT2D eigenvalue weighted by molar-refractivity contribution is 5.83.